The minimum Gasteiger partial charge on any atom is -0.366 e. The lowest BCUT2D eigenvalue weighted by molar-refractivity contribution is -0.115. The van der Waals surface area contributed by atoms with Crippen LogP contribution in [0.3, 0.4) is 0 Å². The monoisotopic (exact) mass is 153 g/mol. The minimum atomic E-state index is -0.418. The van der Waals surface area contributed by atoms with Crippen LogP contribution in [-0.2, 0) is 4.79 Å². The summed E-state index contributed by atoms with van der Waals surface area (Å²) in [5, 5.41) is 0. The average Bonchev–Trinajstić information content (AvgIpc) is 1.84. The number of primary amides is 1. The van der Waals surface area contributed by atoms with E-state index in [0.29, 0.717) is 5.57 Å². The fourth-order valence-electron chi connectivity index (χ4n) is 0.889. The van der Waals surface area contributed by atoms with Crippen LogP contribution in [0, 0.1) is 5.92 Å². The number of allylic oxidation sites excluding steroid dienone is 1. The molecule has 2 N–H and O–H groups in total. The first-order valence-corrected chi connectivity index (χ1v) is 3.58. The van der Waals surface area contributed by atoms with Crippen molar-refractivity contribution in [2.75, 3.05) is 0 Å². The van der Waals surface area contributed by atoms with Crippen molar-refractivity contribution < 1.29 is 4.79 Å². The summed E-state index contributed by atoms with van der Waals surface area (Å²) in [6.45, 7) is 11.2. The normalized spacial score (nSPS) is 12.2. The number of carbonyl (C=O) groups is 1. The zero-order valence-electron chi connectivity index (χ0n) is 7.18. The summed E-state index contributed by atoms with van der Waals surface area (Å²) in [5.74, 6) is -0.302. The highest BCUT2D eigenvalue weighted by atomic mass is 16.1. The van der Waals surface area contributed by atoms with E-state index in [1.165, 1.54) is 0 Å². The largest absolute Gasteiger partial charge is 0.366 e. The Morgan fingerprint density at radius 3 is 2.27 bits per heavy atom. The molecular formula is C9H15NO. The van der Waals surface area contributed by atoms with Gasteiger partial charge in [0.2, 0.25) is 5.91 Å². The smallest absolute Gasteiger partial charge is 0.244 e. The van der Waals surface area contributed by atoms with Crippen LogP contribution >= 0.6 is 0 Å². The number of hydrogen-bond donors (Lipinski definition) is 1. The van der Waals surface area contributed by atoms with Gasteiger partial charge in [-0.3, -0.25) is 4.79 Å². The molecule has 2 heteroatoms. The van der Waals surface area contributed by atoms with Gasteiger partial charge in [0.05, 0.1) is 0 Å². The lowest BCUT2D eigenvalue weighted by Crippen LogP contribution is -2.18. The first kappa shape index (κ1) is 9.95. The van der Waals surface area contributed by atoms with Gasteiger partial charge in [0.25, 0.3) is 0 Å². The van der Waals surface area contributed by atoms with Crippen molar-refractivity contribution in [2.24, 2.45) is 11.7 Å². The van der Waals surface area contributed by atoms with Crippen LogP contribution in [0.5, 0.6) is 0 Å². The number of rotatable bonds is 4. The number of hydrogen-bond acceptors (Lipinski definition) is 1. The Morgan fingerprint density at radius 2 is 2.00 bits per heavy atom. The molecule has 0 aromatic carbocycles. The summed E-state index contributed by atoms with van der Waals surface area (Å²) >= 11 is 0. The standard InChI is InChI=1S/C9H15NO/c1-6(2)5-7(3)8(4)9(10)11/h7H,1,4-5H2,2-3H3,(H2,10,11). The van der Waals surface area contributed by atoms with Gasteiger partial charge in [-0.05, 0) is 19.3 Å². The predicted octanol–water partition coefficient (Wildman–Crippen LogP) is 1.63. The van der Waals surface area contributed by atoms with Crippen LogP contribution in [0.15, 0.2) is 24.3 Å². The fraction of sp³-hybridized carbons (Fsp3) is 0.444. The van der Waals surface area contributed by atoms with E-state index in [0.717, 1.165) is 12.0 Å². The second-order valence-electron chi connectivity index (χ2n) is 2.95. The third-order valence-corrected chi connectivity index (χ3v) is 1.57. The van der Waals surface area contributed by atoms with Crippen molar-refractivity contribution in [3.63, 3.8) is 0 Å². The van der Waals surface area contributed by atoms with Crippen molar-refractivity contribution in [1.29, 1.82) is 0 Å². The van der Waals surface area contributed by atoms with Gasteiger partial charge in [0, 0.05) is 5.57 Å². The SMILES string of the molecule is C=C(C)CC(C)C(=C)C(N)=O. The summed E-state index contributed by atoms with van der Waals surface area (Å²) in [4.78, 5) is 10.6. The highest BCUT2D eigenvalue weighted by Crippen LogP contribution is 2.16. The van der Waals surface area contributed by atoms with E-state index in [2.05, 4.69) is 13.2 Å². The van der Waals surface area contributed by atoms with Gasteiger partial charge in [-0.1, -0.05) is 19.1 Å². The van der Waals surface area contributed by atoms with Crippen LogP contribution in [0.25, 0.3) is 0 Å². The zero-order valence-corrected chi connectivity index (χ0v) is 7.18. The van der Waals surface area contributed by atoms with Gasteiger partial charge < -0.3 is 5.73 Å². The maximum absolute atomic E-state index is 10.6. The van der Waals surface area contributed by atoms with Crippen LogP contribution in [-0.4, -0.2) is 5.91 Å². The van der Waals surface area contributed by atoms with Gasteiger partial charge in [-0.15, -0.1) is 6.58 Å². The van der Waals surface area contributed by atoms with E-state index in [1.807, 2.05) is 13.8 Å². The summed E-state index contributed by atoms with van der Waals surface area (Å²) in [6, 6.07) is 0. The van der Waals surface area contributed by atoms with Crippen molar-refractivity contribution in [3.8, 4) is 0 Å². The molecule has 62 valence electrons. The summed E-state index contributed by atoms with van der Waals surface area (Å²) in [5.41, 5.74) is 6.57. The number of carbonyl (C=O) groups excluding carboxylic acids is 1. The first-order chi connectivity index (χ1) is 4.95. The molecule has 0 fully saturated rings. The molecule has 1 unspecified atom stereocenters. The summed E-state index contributed by atoms with van der Waals surface area (Å²) < 4.78 is 0. The molecule has 0 saturated carbocycles. The fourth-order valence-corrected chi connectivity index (χ4v) is 0.889. The van der Waals surface area contributed by atoms with Gasteiger partial charge in [0.1, 0.15) is 0 Å². The van der Waals surface area contributed by atoms with Crippen LogP contribution < -0.4 is 5.73 Å². The van der Waals surface area contributed by atoms with Gasteiger partial charge in [0.15, 0.2) is 0 Å². The highest BCUT2D eigenvalue weighted by Gasteiger charge is 2.10. The molecule has 11 heavy (non-hydrogen) atoms. The molecule has 2 nitrogen and oxygen atoms in total. The van der Waals surface area contributed by atoms with Crippen molar-refractivity contribution in [2.45, 2.75) is 20.3 Å². The van der Waals surface area contributed by atoms with E-state index in [-0.39, 0.29) is 5.92 Å². The first-order valence-electron chi connectivity index (χ1n) is 3.58. The van der Waals surface area contributed by atoms with E-state index in [4.69, 9.17) is 5.73 Å². The molecule has 0 aliphatic heterocycles. The van der Waals surface area contributed by atoms with Crippen LogP contribution in [0.1, 0.15) is 20.3 Å². The third kappa shape index (κ3) is 3.61. The van der Waals surface area contributed by atoms with Gasteiger partial charge in [-0.2, -0.15) is 0 Å². The van der Waals surface area contributed by atoms with Crippen molar-refractivity contribution in [1.82, 2.24) is 0 Å². The highest BCUT2D eigenvalue weighted by molar-refractivity contribution is 5.91. The number of amides is 1. The molecule has 0 aromatic rings. The lowest BCUT2D eigenvalue weighted by Gasteiger charge is -2.10. The Hall–Kier alpha value is -1.05. The number of nitrogens with two attached hydrogens (primary N) is 1. The second kappa shape index (κ2) is 3.96. The molecule has 0 heterocycles. The Bertz CT molecular complexity index is 194. The maximum atomic E-state index is 10.6. The third-order valence-electron chi connectivity index (χ3n) is 1.57. The molecule has 0 saturated heterocycles. The Morgan fingerprint density at radius 1 is 1.55 bits per heavy atom. The second-order valence-corrected chi connectivity index (χ2v) is 2.95. The topological polar surface area (TPSA) is 43.1 Å². The van der Waals surface area contributed by atoms with E-state index in [9.17, 15) is 4.79 Å². The van der Waals surface area contributed by atoms with Crippen LogP contribution in [0.4, 0.5) is 0 Å². The molecule has 0 aromatic heterocycles. The molecular weight excluding hydrogens is 138 g/mol. The quantitative estimate of drug-likeness (QED) is 0.484. The van der Waals surface area contributed by atoms with Crippen LogP contribution in [0.2, 0.25) is 0 Å². The molecule has 0 rings (SSSR count). The maximum Gasteiger partial charge on any atom is 0.244 e. The van der Waals surface area contributed by atoms with Crippen molar-refractivity contribution >= 4 is 5.91 Å². The van der Waals surface area contributed by atoms with Gasteiger partial charge in [-0.25, -0.2) is 0 Å². The minimum absolute atomic E-state index is 0.116. The average molecular weight is 153 g/mol. The molecule has 0 radical (unpaired) electrons. The summed E-state index contributed by atoms with van der Waals surface area (Å²) in [7, 11) is 0. The van der Waals surface area contributed by atoms with E-state index in [1.54, 1.807) is 0 Å². The molecule has 0 bridgehead atoms. The molecule has 0 spiro atoms. The molecule has 0 aliphatic rings. The van der Waals surface area contributed by atoms with Gasteiger partial charge >= 0.3 is 0 Å². The van der Waals surface area contributed by atoms with E-state index < -0.39 is 5.91 Å². The molecule has 0 aliphatic carbocycles. The Labute approximate surface area is 67.8 Å². The van der Waals surface area contributed by atoms with E-state index >= 15 is 0 Å². The van der Waals surface area contributed by atoms with Crippen molar-refractivity contribution in [3.05, 3.63) is 24.3 Å². The zero-order chi connectivity index (χ0) is 9.02. The Balaban J connectivity index is 4.03. The predicted molar refractivity (Wildman–Crippen MR) is 46.9 cm³/mol. The molecule has 1 amide bonds. The Kier molecular flexibility index (Phi) is 3.58. The molecule has 1 atom stereocenters. The summed E-state index contributed by atoms with van der Waals surface area (Å²) in [6.07, 6.45) is 0.780. The lowest BCUT2D eigenvalue weighted by atomic mass is 9.95.